The van der Waals surface area contributed by atoms with Gasteiger partial charge in [-0.1, -0.05) is 19.9 Å². The van der Waals surface area contributed by atoms with E-state index in [4.69, 9.17) is 19.6 Å². The van der Waals surface area contributed by atoms with Gasteiger partial charge in [0.2, 0.25) is 0 Å². The van der Waals surface area contributed by atoms with Crippen LogP contribution in [0.15, 0.2) is 12.1 Å². The fourth-order valence-electron chi connectivity index (χ4n) is 2.92. The molecule has 1 aromatic rings. The Labute approximate surface area is 158 Å². The van der Waals surface area contributed by atoms with Crippen LogP contribution in [0.5, 0.6) is 0 Å². The Hall–Kier alpha value is -1.94. The second kappa shape index (κ2) is 9.32. The quantitative estimate of drug-likeness (QED) is 0.341. The summed E-state index contributed by atoms with van der Waals surface area (Å²) in [5.41, 5.74) is 2.36. The molecular weight excluding hydrogens is 353 g/mol. The molecular formula is C18H26BNO7. The highest BCUT2D eigenvalue weighted by molar-refractivity contribution is 6.62. The van der Waals surface area contributed by atoms with Gasteiger partial charge >= 0.3 is 13.1 Å². The van der Waals surface area contributed by atoms with Gasteiger partial charge in [-0.25, -0.2) is 4.79 Å². The highest BCUT2D eigenvalue weighted by Gasteiger charge is 2.32. The molecule has 0 saturated heterocycles. The molecule has 0 radical (unpaired) electrons. The van der Waals surface area contributed by atoms with Gasteiger partial charge in [-0.15, -0.1) is 0 Å². The summed E-state index contributed by atoms with van der Waals surface area (Å²) in [6.07, 6.45) is 0. The number of esters is 1. The van der Waals surface area contributed by atoms with E-state index in [-0.39, 0.29) is 32.3 Å². The van der Waals surface area contributed by atoms with Gasteiger partial charge in [0.05, 0.1) is 26.4 Å². The third-order valence-corrected chi connectivity index (χ3v) is 4.68. The molecule has 148 valence electrons. The summed E-state index contributed by atoms with van der Waals surface area (Å²) in [6, 6.07) is 2.48. The Kier molecular flexibility index (Phi) is 7.37. The second-order valence-electron chi connectivity index (χ2n) is 7.03. The van der Waals surface area contributed by atoms with Crippen molar-refractivity contribution in [2.45, 2.75) is 33.4 Å². The minimum Gasteiger partial charge on any atom is -0.464 e. The zero-order chi connectivity index (χ0) is 20.1. The molecule has 0 bridgehead atoms. The Balaban J connectivity index is 2.11. The second-order valence-corrected chi connectivity index (χ2v) is 7.03. The highest BCUT2D eigenvalue weighted by Crippen LogP contribution is 2.17. The standard InChI is InChI=1S/C18H26BNO7/c1-10(2)16(18(24)26-8-12(6-21)7-22)20-17(23)14-5-4-13-9-27-19(25)15(13)11(14)3/h4-5,10,12,16,21-22,25H,6-9H2,1-3H3,(H,20,23). The van der Waals surface area contributed by atoms with Gasteiger partial charge in [0.1, 0.15) is 6.04 Å². The third-order valence-electron chi connectivity index (χ3n) is 4.68. The van der Waals surface area contributed by atoms with Crippen LogP contribution in [0, 0.1) is 18.8 Å². The topological polar surface area (TPSA) is 125 Å². The molecule has 1 aliphatic heterocycles. The minimum atomic E-state index is -1.06. The monoisotopic (exact) mass is 379 g/mol. The van der Waals surface area contributed by atoms with Crippen LogP contribution in [0.4, 0.5) is 0 Å². The molecule has 0 fully saturated rings. The summed E-state index contributed by atoms with van der Waals surface area (Å²) in [7, 11) is -1.06. The molecule has 1 unspecified atom stereocenters. The number of nitrogens with one attached hydrogen (secondary N) is 1. The minimum absolute atomic E-state index is 0.133. The number of rotatable bonds is 8. The van der Waals surface area contributed by atoms with Crippen molar-refractivity contribution in [2.24, 2.45) is 11.8 Å². The van der Waals surface area contributed by atoms with Crippen LogP contribution in [0.1, 0.15) is 35.3 Å². The van der Waals surface area contributed by atoms with Crippen LogP contribution >= 0.6 is 0 Å². The van der Waals surface area contributed by atoms with Crippen LogP contribution < -0.4 is 10.8 Å². The molecule has 0 spiro atoms. The summed E-state index contributed by atoms with van der Waals surface area (Å²) >= 11 is 0. The van der Waals surface area contributed by atoms with E-state index in [1.165, 1.54) is 0 Å². The van der Waals surface area contributed by atoms with Crippen molar-refractivity contribution in [2.75, 3.05) is 19.8 Å². The van der Waals surface area contributed by atoms with Gasteiger partial charge in [0.25, 0.3) is 5.91 Å². The summed E-state index contributed by atoms with van der Waals surface area (Å²) in [6.45, 7) is 4.82. The molecule has 0 aliphatic carbocycles. The number of carbonyl (C=O) groups is 2. The number of aliphatic hydroxyl groups excluding tert-OH is 2. The Bertz CT molecular complexity index is 691. The fraction of sp³-hybridized carbons (Fsp3) is 0.556. The van der Waals surface area contributed by atoms with E-state index in [0.717, 1.165) is 5.56 Å². The van der Waals surface area contributed by atoms with Crippen molar-refractivity contribution in [3.8, 4) is 0 Å². The van der Waals surface area contributed by atoms with Gasteiger partial charge in [-0.05, 0) is 35.5 Å². The summed E-state index contributed by atoms with van der Waals surface area (Å²) < 4.78 is 10.3. The average molecular weight is 379 g/mol. The number of benzene rings is 1. The number of aliphatic hydroxyl groups is 2. The molecule has 27 heavy (non-hydrogen) atoms. The maximum Gasteiger partial charge on any atom is 0.492 e. The molecule has 9 heteroatoms. The SMILES string of the molecule is Cc1c(C(=O)NC(C(=O)OCC(CO)CO)C(C)C)ccc2c1B(O)OC2. The largest absolute Gasteiger partial charge is 0.492 e. The van der Waals surface area contributed by atoms with Crippen LogP contribution in [0.3, 0.4) is 0 Å². The number of amides is 1. The maximum absolute atomic E-state index is 12.7. The predicted molar refractivity (Wildman–Crippen MR) is 98.3 cm³/mol. The zero-order valence-electron chi connectivity index (χ0n) is 15.8. The molecule has 8 nitrogen and oxygen atoms in total. The van der Waals surface area contributed by atoms with Crippen LogP contribution in [0.2, 0.25) is 0 Å². The lowest BCUT2D eigenvalue weighted by atomic mass is 9.75. The number of hydrogen-bond donors (Lipinski definition) is 4. The molecule has 0 aromatic heterocycles. The Morgan fingerprint density at radius 3 is 2.56 bits per heavy atom. The molecule has 1 aliphatic rings. The molecule has 1 atom stereocenters. The zero-order valence-corrected chi connectivity index (χ0v) is 15.8. The number of hydrogen-bond acceptors (Lipinski definition) is 7. The maximum atomic E-state index is 12.7. The van der Waals surface area contributed by atoms with Crippen LogP contribution in [-0.4, -0.2) is 60.1 Å². The van der Waals surface area contributed by atoms with Crippen LogP contribution in [-0.2, 0) is 20.8 Å². The lowest BCUT2D eigenvalue weighted by Crippen LogP contribution is -2.46. The highest BCUT2D eigenvalue weighted by atomic mass is 16.5. The molecule has 1 amide bonds. The first kappa shape index (κ1) is 21.4. The molecule has 4 N–H and O–H groups in total. The van der Waals surface area contributed by atoms with E-state index in [2.05, 4.69) is 5.32 Å². The van der Waals surface area contributed by atoms with Crippen molar-refractivity contribution in [1.29, 1.82) is 0 Å². The molecule has 0 saturated carbocycles. The first-order valence-corrected chi connectivity index (χ1v) is 8.91. The van der Waals surface area contributed by atoms with Crippen LogP contribution in [0.25, 0.3) is 0 Å². The van der Waals surface area contributed by atoms with Gasteiger partial charge in [-0.3, -0.25) is 4.79 Å². The van der Waals surface area contributed by atoms with Gasteiger partial charge in [0.15, 0.2) is 0 Å². The first-order valence-electron chi connectivity index (χ1n) is 8.91. The molecule has 2 rings (SSSR count). The lowest BCUT2D eigenvalue weighted by molar-refractivity contribution is -0.149. The third kappa shape index (κ3) is 4.87. The van der Waals surface area contributed by atoms with Crippen molar-refractivity contribution in [3.05, 3.63) is 28.8 Å². The van der Waals surface area contributed by atoms with Gasteiger partial charge < -0.3 is 29.9 Å². The van der Waals surface area contributed by atoms with E-state index < -0.39 is 31.0 Å². The van der Waals surface area contributed by atoms with E-state index in [1.807, 2.05) is 0 Å². The van der Waals surface area contributed by atoms with Crippen molar-refractivity contribution < 1.29 is 34.2 Å². The average Bonchev–Trinajstić information content (AvgIpc) is 3.02. The fourth-order valence-corrected chi connectivity index (χ4v) is 2.92. The van der Waals surface area contributed by atoms with Gasteiger partial charge in [-0.2, -0.15) is 0 Å². The summed E-state index contributed by atoms with van der Waals surface area (Å²) in [5, 5.41) is 30.7. The van der Waals surface area contributed by atoms with Crippen molar-refractivity contribution in [3.63, 3.8) is 0 Å². The first-order chi connectivity index (χ1) is 12.8. The smallest absolute Gasteiger partial charge is 0.464 e. The summed E-state index contributed by atoms with van der Waals surface area (Å²) in [4.78, 5) is 25.1. The number of fused-ring (bicyclic) bond motifs is 1. The van der Waals surface area contributed by atoms with E-state index in [1.54, 1.807) is 32.9 Å². The summed E-state index contributed by atoms with van der Waals surface area (Å²) in [5.74, 6) is -1.87. The predicted octanol–water partition coefficient (Wildman–Crippen LogP) is -0.889. The van der Waals surface area contributed by atoms with Crippen molar-refractivity contribution in [1.82, 2.24) is 5.32 Å². The number of carbonyl (C=O) groups excluding carboxylic acids is 2. The Morgan fingerprint density at radius 1 is 1.30 bits per heavy atom. The number of ether oxygens (including phenoxy) is 1. The van der Waals surface area contributed by atoms with Crippen molar-refractivity contribution >= 4 is 24.5 Å². The lowest BCUT2D eigenvalue weighted by Gasteiger charge is -2.22. The van der Waals surface area contributed by atoms with E-state index in [9.17, 15) is 14.6 Å². The normalized spacial score (nSPS) is 14.4. The molecule has 1 heterocycles. The van der Waals surface area contributed by atoms with E-state index in [0.29, 0.717) is 16.6 Å². The van der Waals surface area contributed by atoms with Gasteiger partial charge in [0, 0.05) is 11.5 Å². The Morgan fingerprint density at radius 2 is 1.96 bits per heavy atom. The van der Waals surface area contributed by atoms with E-state index >= 15 is 0 Å². The molecule has 1 aromatic carbocycles.